The number of hydrogen-bond acceptors (Lipinski definition) is 2. The van der Waals surface area contributed by atoms with Crippen LogP contribution in [-0.2, 0) is 4.74 Å². The van der Waals surface area contributed by atoms with Crippen LogP contribution in [0.1, 0.15) is 32.1 Å². The highest BCUT2D eigenvalue weighted by Gasteiger charge is 2.12. The largest absolute Gasteiger partial charge is 0.377 e. The zero-order valence-electron chi connectivity index (χ0n) is 8.23. The predicted molar refractivity (Wildman–Crippen MR) is 59.5 cm³/mol. The van der Waals surface area contributed by atoms with Gasteiger partial charge in [0.25, 0.3) is 0 Å². The zero-order valence-corrected chi connectivity index (χ0v) is 9.81. The Hall–Kier alpha value is 0.400. The molecule has 1 N–H and O–H groups in total. The first-order chi connectivity index (χ1) is 6.43. The summed E-state index contributed by atoms with van der Waals surface area (Å²) in [6, 6.07) is 0. The van der Waals surface area contributed by atoms with Crippen LogP contribution in [0.25, 0.3) is 0 Å². The van der Waals surface area contributed by atoms with Gasteiger partial charge in [-0.1, -0.05) is 15.9 Å². The summed E-state index contributed by atoms with van der Waals surface area (Å²) in [6.45, 7) is 3.14. The Morgan fingerprint density at radius 3 is 2.92 bits per heavy atom. The van der Waals surface area contributed by atoms with Gasteiger partial charge in [-0.2, -0.15) is 0 Å². The second-order valence-electron chi connectivity index (χ2n) is 3.59. The van der Waals surface area contributed by atoms with Crippen molar-refractivity contribution in [3.05, 3.63) is 0 Å². The minimum absolute atomic E-state index is 0.484. The van der Waals surface area contributed by atoms with Gasteiger partial charge in [0.15, 0.2) is 0 Å². The van der Waals surface area contributed by atoms with E-state index in [-0.39, 0.29) is 0 Å². The fourth-order valence-electron chi connectivity index (χ4n) is 1.58. The van der Waals surface area contributed by atoms with E-state index in [1.807, 2.05) is 0 Å². The van der Waals surface area contributed by atoms with E-state index in [2.05, 4.69) is 21.2 Å². The first-order valence-corrected chi connectivity index (χ1v) is 6.44. The summed E-state index contributed by atoms with van der Waals surface area (Å²) in [4.78, 5) is 0. The molecular weight excluding hydrogens is 230 g/mol. The Morgan fingerprint density at radius 1 is 1.31 bits per heavy atom. The lowest BCUT2D eigenvalue weighted by Crippen LogP contribution is -2.32. The molecule has 78 valence electrons. The summed E-state index contributed by atoms with van der Waals surface area (Å²) in [5, 5.41) is 4.56. The maximum Gasteiger partial charge on any atom is 0.0699 e. The molecule has 1 heterocycles. The summed E-state index contributed by atoms with van der Waals surface area (Å²) in [5.74, 6) is 0. The van der Waals surface area contributed by atoms with Crippen molar-refractivity contribution in [2.24, 2.45) is 0 Å². The van der Waals surface area contributed by atoms with Crippen LogP contribution in [0.15, 0.2) is 0 Å². The average Bonchev–Trinajstić information content (AvgIpc) is 2.19. The number of hydrogen-bond donors (Lipinski definition) is 1. The Bertz CT molecular complexity index is 115. The molecule has 1 unspecified atom stereocenters. The minimum atomic E-state index is 0.484. The van der Waals surface area contributed by atoms with Crippen molar-refractivity contribution >= 4 is 15.9 Å². The predicted octanol–water partition coefficient (Wildman–Crippen LogP) is 2.32. The minimum Gasteiger partial charge on any atom is -0.377 e. The van der Waals surface area contributed by atoms with Crippen molar-refractivity contribution in [3.8, 4) is 0 Å². The lowest BCUT2D eigenvalue weighted by atomic mass is 10.1. The van der Waals surface area contributed by atoms with Crippen molar-refractivity contribution in [1.29, 1.82) is 0 Å². The van der Waals surface area contributed by atoms with E-state index in [1.54, 1.807) is 0 Å². The Balaban J connectivity index is 1.86. The summed E-state index contributed by atoms with van der Waals surface area (Å²) in [5.41, 5.74) is 0. The Kier molecular flexibility index (Phi) is 6.86. The van der Waals surface area contributed by atoms with E-state index in [4.69, 9.17) is 4.74 Å². The molecule has 0 saturated carbocycles. The Labute approximate surface area is 89.5 Å². The molecule has 0 bridgehead atoms. The van der Waals surface area contributed by atoms with E-state index in [1.165, 1.54) is 32.1 Å². The average molecular weight is 250 g/mol. The second kappa shape index (κ2) is 7.77. The maximum atomic E-state index is 5.61. The quantitative estimate of drug-likeness (QED) is 0.577. The van der Waals surface area contributed by atoms with Gasteiger partial charge < -0.3 is 10.1 Å². The molecule has 0 aromatic carbocycles. The summed E-state index contributed by atoms with van der Waals surface area (Å²) < 4.78 is 5.61. The third-order valence-corrected chi connectivity index (χ3v) is 2.94. The number of rotatable bonds is 6. The molecular formula is C10H20BrNO. The normalized spacial score (nSPS) is 23.3. The number of nitrogens with one attached hydrogen (secondary N) is 1. The van der Waals surface area contributed by atoms with Gasteiger partial charge in [0.1, 0.15) is 0 Å². The highest BCUT2D eigenvalue weighted by molar-refractivity contribution is 9.09. The molecule has 0 amide bonds. The first kappa shape index (κ1) is 11.5. The smallest absolute Gasteiger partial charge is 0.0699 e. The van der Waals surface area contributed by atoms with Crippen LogP contribution < -0.4 is 5.32 Å². The molecule has 3 heteroatoms. The molecule has 2 nitrogen and oxygen atoms in total. The van der Waals surface area contributed by atoms with Crippen molar-refractivity contribution in [2.45, 2.75) is 38.2 Å². The zero-order chi connectivity index (χ0) is 9.36. The van der Waals surface area contributed by atoms with Crippen LogP contribution in [0.5, 0.6) is 0 Å². The first-order valence-electron chi connectivity index (χ1n) is 5.32. The molecule has 0 radical (unpaired) electrons. The maximum absolute atomic E-state index is 5.61. The van der Waals surface area contributed by atoms with E-state index in [0.717, 1.165) is 25.0 Å². The standard InChI is InChI=1S/C10H20BrNO/c11-6-2-3-7-12-9-10-5-1-4-8-13-10/h10,12H,1-9H2. The van der Waals surface area contributed by atoms with E-state index in [9.17, 15) is 0 Å². The van der Waals surface area contributed by atoms with Gasteiger partial charge in [0.2, 0.25) is 0 Å². The van der Waals surface area contributed by atoms with Crippen LogP contribution in [0, 0.1) is 0 Å². The van der Waals surface area contributed by atoms with Crippen LogP contribution in [-0.4, -0.2) is 31.1 Å². The molecule has 13 heavy (non-hydrogen) atoms. The Morgan fingerprint density at radius 2 is 2.23 bits per heavy atom. The molecule has 1 fully saturated rings. The van der Waals surface area contributed by atoms with Gasteiger partial charge in [-0.05, 0) is 38.6 Å². The molecule has 1 rings (SSSR count). The van der Waals surface area contributed by atoms with Gasteiger partial charge in [0.05, 0.1) is 6.10 Å². The monoisotopic (exact) mass is 249 g/mol. The van der Waals surface area contributed by atoms with Crippen molar-refractivity contribution in [3.63, 3.8) is 0 Å². The van der Waals surface area contributed by atoms with E-state index >= 15 is 0 Å². The van der Waals surface area contributed by atoms with Gasteiger partial charge in [0, 0.05) is 18.5 Å². The molecule has 0 spiro atoms. The molecule has 1 aliphatic rings. The summed E-state index contributed by atoms with van der Waals surface area (Å²) in [6.07, 6.45) is 6.84. The van der Waals surface area contributed by atoms with Crippen molar-refractivity contribution < 1.29 is 4.74 Å². The van der Waals surface area contributed by atoms with Gasteiger partial charge in [-0.3, -0.25) is 0 Å². The molecule has 0 aliphatic carbocycles. The highest BCUT2D eigenvalue weighted by atomic mass is 79.9. The molecule has 1 atom stereocenters. The summed E-state index contributed by atoms with van der Waals surface area (Å²) >= 11 is 3.43. The highest BCUT2D eigenvalue weighted by Crippen LogP contribution is 2.11. The SMILES string of the molecule is BrCCCCNCC1CCCCO1. The fraction of sp³-hybridized carbons (Fsp3) is 1.00. The second-order valence-corrected chi connectivity index (χ2v) is 4.38. The fourth-order valence-corrected chi connectivity index (χ4v) is 1.97. The van der Waals surface area contributed by atoms with Gasteiger partial charge in [-0.25, -0.2) is 0 Å². The number of unbranched alkanes of at least 4 members (excludes halogenated alkanes) is 1. The van der Waals surface area contributed by atoms with E-state index < -0.39 is 0 Å². The number of alkyl halides is 1. The number of ether oxygens (including phenoxy) is 1. The van der Waals surface area contributed by atoms with E-state index in [0.29, 0.717) is 6.10 Å². The van der Waals surface area contributed by atoms with Crippen LogP contribution in [0.3, 0.4) is 0 Å². The van der Waals surface area contributed by atoms with Crippen molar-refractivity contribution in [2.75, 3.05) is 25.0 Å². The lowest BCUT2D eigenvalue weighted by Gasteiger charge is -2.22. The third-order valence-electron chi connectivity index (χ3n) is 2.38. The van der Waals surface area contributed by atoms with Crippen molar-refractivity contribution in [1.82, 2.24) is 5.32 Å². The molecule has 0 aromatic heterocycles. The number of halogens is 1. The molecule has 0 aromatic rings. The topological polar surface area (TPSA) is 21.3 Å². The van der Waals surface area contributed by atoms with Crippen LogP contribution in [0.2, 0.25) is 0 Å². The van der Waals surface area contributed by atoms with Gasteiger partial charge >= 0.3 is 0 Å². The molecule has 1 saturated heterocycles. The molecule has 1 aliphatic heterocycles. The van der Waals surface area contributed by atoms with Gasteiger partial charge in [-0.15, -0.1) is 0 Å². The lowest BCUT2D eigenvalue weighted by molar-refractivity contribution is 0.0170. The third kappa shape index (κ3) is 5.66. The summed E-state index contributed by atoms with van der Waals surface area (Å²) in [7, 11) is 0. The van der Waals surface area contributed by atoms with Crippen LogP contribution >= 0.6 is 15.9 Å². The van der Waals surface area contributed by atoms with Crippen LogP contribution in [0.4, 0.5) is 0 Å².